The first kappa shape index (κ1) is 22.8. The largest absolute Gasteiger partial charge is 0.480 e. The molecular weight excluding hydrogens is 487 g/mol. The molecule has 7 nitrogen and oxygen atoms in total. The minimum absolute atomic E-state index is 0.183. The highest BCUT2D eigenvalue weighted by Crippen LogP contribution is 2.45. The number of para-hydroxylation sites is 1. The molecule has 0 saturated carbocycles. The Morgan fingerprint density at radius 2 is 1.84 bits per heavy atom. The minimum atomic E-state index is -1.14. The van der Waals surface area contributed by atoms with Crippen molar-refractivity contribution in [2.45, 2.75) is 25.3 Å². The molecule has 32 heavy (non-hydrogen) atoms. The number of aliphatic carboxylic acids is 1. The van der Waals surface area contributed by atoms with Crippen LogP contribution in [0, 0.1) is 0 Å². The zero-order valence-corrected chi connectivity index (χ0v) is 20.5. The number of carboxylic acid groups (broad SMARTS) is 1. The van der Waals surface area contributed by atoms with Crippen LogP contribution in [0.3, 0.4) is 0 Å². The summed E-state index contributed by atoms with van der Waals surface area (Å²) in [6.07, 6.45) is 3.72. The van der Waals surface area contributed by atoms with Crippen LogP contribution in [0.1, 0.15) is 13.8 Å². The number of fused-ring (bicyclic) bond motifs is 1. The van der Waals surface area contributed by atoms with Gasteiger partial charge in [-0.1, -0.05) is 47.9 Å². The van der Waals surface area contributed by atoms with Crippen LogP contribution in [0.4, 0.5) is 5.69 Å². The zero-order chi connectivity index (χ0) is 23.0. The number of thiocarbonyl (C=S) groups is 1. The summed E-state index contributed by atoms with van der Waals surface area (Å²) in [4.78, 5) is 41.6. The Morgan fingerprint density at radius 3 is 2.53 bits per heavy atom. The van der Waals surface area contributed by atoms with E-state index in [1.54, 1.807) is 17.8 Å². The SMILES string of the molecule is CCN1C(=CC=c2sc(=C3SC(=S)N(CC(=O)O)C3=O)n(CC)c2=O)Sc2ccccc21. The molecule has 3 heterocycles. The molecule has 0 radical (unpaired) electrons. The predicted octanol–water partition coefficient (Wildman–Crippen LogP) is 2.24. The number of aromatic nitrogens is 1. The fourth-order valence-electron chi connectivity index (χ4n) is 3.44. The zero-order valence-electron chi connectivity index (χ0n) is 17.2. The molecule has 2 aliphatic heterocycles. The highest BCUT2D eigenvalue weighted by atomic mass is 32.2. The van der Waals surface area contributed by atoms with Crippen LogP contribution < -0.4 is 19.7 Å². The first-order valence-corrected chi connectivity index (χ1v) is 12.7. The third-order valence-corrected chi connectivity index (χ3v) is 8.74. The van der Waals surface area contributed by atoms with Crippen molar-refractivity contribution in [2.24, 2.45) is 0 Å². The van der Waals surface area contributed by atoms with E-state index in [0.29, 0.717) is 20.6 Å². The Morgan fingerprint density at radius 1 is 1.09 bits per heavy atom. The number of nitrogens with zero attached hydrogens (tertiary/aromatic N) is 3. The van der Waals surface area contributed by atoms with E-state index < -0.39 is 18.4 Å². The number of benzene rings is 1. The topological polar surface area (TPSA) is 82.8 Å². The van der Waals surface area contributed by atoms with Crippen LogP contribution in [0.5, 0.6) is 0 Å². The fraction of sp³-hybridized carbons (Fsp3) is 0.238. The molecule has 0 unspecified atom stereocenters. The van der Waals surface area contributed by atoms with Gasteiger partial charge in [0.2, 0.25) is 0 Å². The third kappa shape index (κ3) is 4.05. The first-order valence-electron chi connectivity index (χ1n) is 9.81. The second kappa shape index (κ2) is 9.26. The van der Waals surface area contributed by atoms with E-state index in [0.717, 1.165) is 33.9 Å². The van der Waals surface area contributed by atoms with Crippen molar-refractivity contribution >= 4 is 79.9 Å². The lowest BCUT2D eigenvalue weighted by Gasteiger charge is -2.17. The summed E-state index contributed by atoms with van der Waals surface area (Å²) >= 11 is 9.10. The summed E-state index contributed by atoms with van der Waals surface area (Å²) in [6, 6.07) is 8.16. The van der Waals surface area contributed by atoms with Crippen molar-refractivity contribution in [1.82, 2.24) is 9.47 Å². The molecule has 0 atom stereocenters. The molecular formula is C21H19N3O4S4. The molecule has 11 heteroatoms. The molecule has 1 aromatic carbocycles. The van der Waals surface area contributed by atoms with Crippen LogP contribution >= 0.6 is 47.1 Å². The van der Waals surface area contributed by atoms with Crippen molar-refractivity contribution in [3.63, 3.8) is 0 Å². The van der Waals surface area contributed by atoms with Gasteiger partial charge >= 0.3 is 5.97 Å². The number of hydrogen-bond donors (Lipinski definition) is 1. The van der Waals surface area contributed by atoms with Gasteiger partial charge in [-0.2, -0.15) is 0 Å². The van der Waals surface area contributed by atoms with Gasteiger partial charge in [-0.3, -0.25) is 23.9 Å². The van der Waals surface area contributed by atoms with Crippen LogP contribution in [0.15, 0.2) is 45.1 Å². The van der Waals surface area contributed by atoms with E-state index in [-0.39, 0.29) is 9.88 Å². The molecule has 0 spiro atoms. The number of hydrogen-bond acceptors (Lipinski definition) is 8. The number of thioether (sulfide) groups is 2. The van der Waals surface area contributed by atoms with Gasteiger partial charge < -0.3 is 10.0 Å². The highest BCUT2D eigenvalue weighted by Gasteiger charge is 2.35. The summed E-state index contributed by atoms with van der Waals surface area (Å²) in [5, 5.41) is 10.1. The van der Waals surface area contributed by atoms with Crippen molar-refractivity contribution < 1.29 is 14.7 Å². The standard InChI is InChI=1S/C21H19N3O4S4/c1-3-22-12-7-5-6-8-13(12)30-15(22)10-9-14-18(27)23(4-2)20(31-14)17-19(28)24(11-16(25)26)21(29)32-17/h5-10H,3-4,11H2,1-2H3,(H,25,26). The van der Waals surface area contributed by atoms with E-state index in [4.69, 9.17) is 17.3 Å². The minimum Gasteiger partial charge on any atom is -0.480 e. The Kier molecular flexibility index (Phi) is 6.61. The molecule has 1 fully saturated rings. The fourth-order valence-corrected chi connectivity index (χ4v) is 7.09. The number of anilines is 1. The molecule has 1 amide bonds. The molecule has 2 aliphatic rings. The Labute approximate surface area is 201 Å². The Hall–Kier alpha value is -2.34. The Balaban J connectivity index is 1.78. The lowest BCUT2D eigenvalue weighted by Crippen LogP contribution is -2.35. The second-order valence-corrected chi connectivity index (χ2v) is 10.5. The maximum Gasteiger partial charge on any atom is 0.323 e. The average Bonchev–Trinajstić information content (AvgIpc) is 3.38. The van der Waals surface area contributed by atoms with Gasteiger partial charge in [0.05, 0.1) is 15.2 Å². The quantitative estimate of drug-likeness (QED) is 0.620. The lowest BCUT2D eigenvalue weighted by molar-refractivity contribution is -0.140. The summed E-state index contributed by atoms with van der Waals surface area (Å²) in [5.41, 5.74) is 0.962. The lowest BCUT2D eigenvalue weighted by atomic mass is 10.3. The van der Waals surface area contributed by atoms with E-state index in [2.05, 4.69) is 24.0 Å². The number of thiazole rings is 1. The van der Waals surface area contributed by atoms with Crippen LogP contribution in [-0.4, -0.2) is 43.9 Å². The smallest absolute Gasteiger partial charge is 0.323 e. The number of carboxylic acids is 1. The number of allylic oxidation sites excluding steroid dienone is 1. The van der Waals surface area contributed by atoms with Gasteiger partial charge in [0.1, 0.15) is 20.4 Å². The van der Waals surface area contributed by atoms with Gasteiger partial charge in [0.15, 0.2) is 0 Å². The normalized spacial score (nSPS) is 19.4. The first-order chi connectivity index (χ1) is 15.3. The number of carbonyl (C=O) groups excluding carboxylic acids is 1. The van der Waals surface area contributed by atoms with Crippen LogP contribution in [0.25, 0.3) is 11.0 Å². The molecule has 4 rings (SSSR count). The molecule has 2 aromatic rings. The van der Waals surface area contributed by atoms with E-state index in [9.17, 15) is 14.4 Å². The van der Waals surface area contributed by atoms with Crippen molar-refractivity contribution in [1.29, 1.82) is 0 Å². The van der Waals surface area contributed by atoms with Gasteiger partial charge in [0, 0.05) is 18.0 Å². The summed E-state index contributed by atoms with van der Waals surface area (Å²) in [5.74, 6) is -1.62. The van der Waals surface area contributed by atoms with Gasteiger partial charge in [-0.15, -0.1) is 11.3 Å². The number of carbonyl (C=O) groups is 2. The van der Waals surface area contributed by atoms with Crippen molar-refractivity contribution in [3.05, 3.63) is 54.9 Å². The van der Waals surface area contributed by atoms with Gasteiger partial charge in [0.25, 0.3) is 11.5 Å². The number of amides is 1. The molecule has 1 saturated heterocycles. The van der Waals surface area contributed by atoms with E-state index in [1.165, 1.54) is 20.8 Å². The average molecular weight is 506 g/mol. The van der Waals surface area contributed by atoms with Crippen LogP contribution in [-0.2, 0) is 16.1 Å². The third-order valence-electron chi connectivity index (χ3n) is 4.89. The second-order valence-electron chi connectivity index (χ2n) is 6.79. The monoisotopic (exact) mass is 505 g/mol. The number of rotatable bonds is 5. The van der Waals surface area contributed by atoms with Crippen LogP contribution in [0.2, 0.25) is 0 Å². The summed E-state index contributed by atoms with van der Waals surface area (Å²) < 4.78 is 2.73. The molecule has 166 valence electrons. The highest BCUT2D eigenvalue weighted by molar-refractivity contribution is 8.30. The van der Waals surface area contributed by atoms with Gasteiger partial charge in [-0.05, 0) is 38.1 Å². The van der Waals surface area contributed by atoms with Crippen molar-refractivity contribution in [3.8, 4) is 0 Å². The summed E-state index contributed by atoms with van der Waals surface area (Å²) in [6.45, 7) is 4.61. The van der Waals surface area contributed by atoms with E-state index >= 15 is 0 Å². The van der Waals surface area contributed by atoms with Gasteiger partial charge in [-0.25, -0.2) is 0 Å². The predicted molar refractivity (Wildman–Crippen MR) is 134 cm³/mol. The maximum absolute atomic E-state index is 13.0. The van der Waals surface area contributed by atoms with Crippen molar-refractivity contribution in [2.75, 3.05) is 18.0 Å². The summed E-state index contributed by atoms with van der Waals surface area (Å²) in [7, 11) is 0. The molecule has 0 bridgehead atoms. The molecule has 1 aromatic heterocycles. The molecule has 0 aliphatic carbocycles. The van der Waals surface area contributed by atoms with E-state index in [1.807, 2.05) is 25.1 Å². The Bertz CT molecular complexity index is 1340. The molecule has 1 N–H and O–H groups in total. The maximum atomic E-state index is 13.0.